The van der Waals surface area contributed by atoms with E-state index in [4.69, 9.17) is 0 Å². The summed E-state index contributed by atoms with van der Waals surface area (Å²) in [6.45, 7) is 3.93. The molecule has 0 radical (unpaired) electrons. The maximum absolute atomic E-state index is 11.5. The van der Waals surface area contributed by atoms with Gasteiger partial charge < -0.3 is 15.4 Å². The molecule has 0 fully saturated rings. The first-order valence-electron chi connectivity index (χ1n) is 5.82. The van der Waals surface area contributed by atoms with E-state index in [1.165, 1.54) is 7.11 Å². The molecule has 0 aliphatic rings. The van der Waals surface area contributed by atoms with Crippen molar-refractivity contribution in [3.63, 3.8) is 0 Å². The quantitative estimate of drug-likeness (QED) is 0.806. The van der Waals surface area contributed by atoms with E-state index in [1.54, 1.807) is 24.3 Å². The van der Waals surface area contributed by atoms with Crippen LogP contribution < -0.4 is 10.6 Å². The minimum Gasteiger partial charge on any atom is -0.465 e. The van der Waals surface area contributed by atoms with Gasteiger partial charge in [-0.25, -0.2) is 9.59 Å². The van der Waals surface area contributed by atoms with Crippen LogP contribution >= 0.6 is 0 Å². The van der Waals surface area contributed by atoms with Gasteiger partial charge in [0.1, 0.15) is 0 Å². The monoisotopic (exact) mass is 250 g/mol. The fourth-order valence-electron chi connectivity index (χ4n) is 1.30. The van der Waals surface area contributed by atoms with Crippen LogP contribution in [0.1, 0.15) is 30.6 Å². The molecule has 98 valence electrons. The van der Waals surface area contributed by atoms with Crippen LogP contribution in [0.3, 0.4) is 0 Å². The summed E-state index contributed by atoms with van der Waals surface area (Å²) in [7, 11) is 1.33. The van der Waals surface area contributed by atoms with E-state index < -0.39 is 5.97 Å². The number of hydrogen-bond acceptors (Lipinski definition) is 3. The smallest absolute Gasteiger partial charge is 0.337 e. The zero-order valence-corrected chi connectivity index (χ0v) is 10.8. The first-order chi connectivity index (χ1) is 8.56. The van der Waals surface area contributed by atoms with Crippen molar-refractivity contribution >= 4 is 17.7 Å². The maximum Gasteiger partial charge on any atom is 0.337 e. The molecule has 0 saturated heterocycles. The van der Waals surface area contributed by atoms with Crippen LogP contribution in [0.15, 0.2) is 24.3 Å². The van der Waals surface area contributed by atoms with Gasteiger partial charge in [0.2, 0.25) is 0 Å². The summed E-state index contributed by atoms with van der Waals surface area (Å²) in [4.78, 5) is 22.8. The molecule has 0 saturated carbocycles. The van der Waals surface area contributed by atoms with Gasteiger partial charge in [-0.2, -0.15) is 0 Å². The van der Waals surface area contributed by atoms with Crippen LogP contribution in [0.5, 0.6) is 0 Å². The van der Waals surface area contributed by atoms with E-state index in [1.807, 2.05) is 13.8 Å². The average molecular weight is 250 g/mol. The molecule has 18 heavy (non-hydrogen) atoms. The second-order valence-corrected chi connectivity index (χ2v) is 3.98. The highest BCUT2D eigenvalue weighted by molar-refractivity contribution is 5.92. The third kappa shape index (κ3) is 4.08. The van der Waals surface area contributed by atoms with Gasteiger partial charge in [0.25, 0.3) is 0 Å². The Morgan fingerprint density at radius 2 is 1.89 bits per heavy atom. The number of carbonyl (C=O) groups excluding carboxylic acids is 2. The largest absolute Gasteiger partial charge is 0.465 e. The van der Waals surface area contributed by atoms with Crippen molar-refractivity contribution < 1.29 is 14.3 Å². The fourth-order valence-corrected chi connectivity index (χ4v) is 1.30. The number of rotatable bonds is 4. The normalized spacial score (nSPS) is 11.5. The Bertz CT molecular complexity index is 415. The molecule has 2 amide bonds. The molecule has 1 aromatic rings. The van der Waals surface area contributed by atoms with Crippen molar-refractivity contribution in [1.29, 1.82) is 0 Å². The van der Waals surface area contributed by atoms with Crippen molar-refractivity contribution in [1.82, 2.24) is 5.32 Å². The second kappa shape index (κ2) is 6.64. The Morgan fingerprint density at radius 1 is 1.28 bits per heavy atom. The number of nitrogens with one attached hydrogen (secondary N) is 2. The molecule has 0 aromatic heterocycles. The minimum absolute atomic E-state index is 0.124. The van der Waals surface area contributed by atoms with Crippen molar-refractivity contribution in [2.24, 2.45) is 0 Å². The predicted molar refractivity (Wildman–Crippen MR) is 69.7 cm³/mol. The van der Waals surface area contributed by atoms with Gasteiger partial charge in [-0.3, -0.25) is 0 Å². The van der Waals surface area contributed by atoms with Gasteiger partial charge >= 0.3 is 12.0 Å². The fraction of sp³-hybridized carbons (Fsp3) is 0.385. The Labute approximate surface area is 107 Å². The first-order valence-corrected chi connectivity index (χ1v) is 5.82. The van der Waals surface area contributed by atoms with Crippen molar-refractivity contribution in [2.75, 3.05) is 12.4 Å². The summed E-state index contributed by atoms with van der Waals surface area (Å²) in [6.07, 6.45) is 0.870. The van der Waals surface area contributed by atoms with Gasteiger partial charge in [0.15, 0.2) is 0 Å². The minimum atomic E-state index is -0.398. The lowest BCUT2D eigenvalue weighted by Crippen LogP contribution is -2.35. The lowest BCUT2D eigenvalue weighted by Gasteiger charge is -2.12. The zero-order valence-electron chi connectivity index (χ0n) is 10.8. The summed E-state index contributed by atoms with van der Waals surface area (Å²) < 4.78 is 4.59. The van der Waals surface area contributed by atoms with Crippen LogP contribution in [0.25, 0.3) is 0 Å². The maximum atomic E-state index is 11.5. The highest BCUT2D eigenvalue weighted by Gasteiger charge is 2.07. The molecule has 1 atom stereocenters. The highest BCUT2D eigenvalue weighted by atomic mass is 16.5. The van der Waals surface area contributed by atoms with Crippen LogP contribution in [0.4, 0.5) is 10.5 Å². The summed E-state index contributed by atoms with van der Waals surface area (Å²) in [6, 6.07) is 6.38. The number of methoxy groups -OCH3 is 1. The number of benzene rings is 1. The molecule has 0 spiro atoms. The molecule has 2 N–H and O–H groups in total. The number of carbonyl (C=O) groups is 2. The van der Waals surface area contributed by atoms with E-state index >= 15 is 0 Å². The first kappa shape index (κ1) is 14.0. The molecule has 5 heteroatoms. The molecule has 0 heterocycles. The lowest BCUT2D eigenvalue weighted by molar-refractivity contribution is 0.0601. The molecule has 0 aliphatic heterocycles. The summed E-state index contributed by atoms with van der Waals surface area (Å²) in [5, 5.41) is 5.47. The zero-order chi connectivity index (χ0) is 13.5. The van der Waals surface area contributed by atoms with Crippen LogP contribution in [-0.2, 0) is 4.74 Å². The highest BCUT2D eigenvalue weighted by Crippen LogP contribution is 2.10. The third-order valence-electron chi connectivity index (χ3n) is 2.55. The number of hydrogen-bond donors (Lipinski definition) is 2. The summed E-state index contributed by atoms with van der Waals surface area (Å²) in [5.41, 5.74) is 1.08. The van der Waals surface area contributed by atoms with Crippen LogP contribution in [0, 0.1) is 0 Å². The van der Waals surface area contributed by atoms with Gasteiger partial charge in [0, 0.05) is 11.7 Å². The number of amides is 2. The number of anilines is 1. The van der Waals surface area contributed by atoms with E-state index in [9.17, 15) is 9.59 Å². The second-order valence-electron chi connectivity index (χ2n) is 3.98. The van der Waals surface area contributed by atoms with Gasteiger partial charge in [-0.05, 0) is 37.6 Å². The Kier molecular flexibility index (Phi) is 5.17. The molecule has 1 aromatic carbocycles. The number of ether oxygens (including phenoxy) is 1. The van der Waals surface area contributed by atoms with Gasteiger partial charge in [-0.1, -0.05) is 6.92 Å². The molecular weight excluding hydrogens is 232 g/mol. The van der Waals surface area contributed by atoms with Crippen molar-refractivity contribution in [3.8, 4) is 0 Å². The topological polar surface area (TPSA) is 67.4 Å². The molecule has 5 nitrogen and oxygen atoms in total. The SMILES string of the molecule is CC[C@@H](C)NC(=O)Nc1ccc(C(=O)OC)cc1. The van der Waals surface area contributed by atoms with Gasteiger partial charge in [0.05, 0.1) is 12.7 Å². The summed E-state index contributed by atoms with van der Waals surface area (Å²) in [5.74, 6) is -0.398. The average Bonchev–Trinajstić information content (AvgIpc) is 2.38. The lowest BCUT2D eigenvalue weighted by atomic mass is 10.2. The van der Waals surface area contributed by atoms with E-state index in [2.05, 4.69) is 15.4 Å². The van der Waals surface area contributed by atoms with Gasteiger partial charge in [-0.15, -0.1) is 0 Å². The standard InChI is InChI=1S/C13H18N2O3/c1-4-9(2)14-13(17)15-11-7-5-10(6-8-11)12(16)18-3/h5-9H,4H2,1-3H3,(H2,14,15,17)/t9-/m1/s1. The molecule has 0 unspecified atom stereocenters. The van der Waals surface area contributed by atoms with Crippen LogP contribution in [0.2, 0.25) is 0 Å². The third-order valence-corrected chi connectivity index (χ3v) is 2.55. The van der Waals surface area contributed by atoms with Crippen LogP contribution in [-0.4, -0.2) is 25.2 Å². The number of urea groups is 1. The number of esters is 1. The summed E-state index contributed by atoms with van der Waals surface area (Å²) >= 11 is 0. The predicted octanol–water partition coefficient (Wildman–Crippen LogP) is 2.39. The molecule has 1 rings (SSSR count). The van der Waals surface area contributed by atoms with Crippen molar-refractivity contribution in [2.45, 2.75) is 26.3 Å². The Morgan fingerprint density at radius 3 is 2.39 bits per heavy atom. The Balaban J connectivity index is 2.58. The van der Waals surface area contributed by atoms with Crippen molar-refractivity contribution in [3.05, 3.63) is 29.8 Å². The molecule has 0 bridgehead atoms. The van der Waals surface area contributed by atoms with E-state index in [0.717, 1.165) is 6.42 Å². The Hall–Kier alpha value is -2.04. The molecule has 0 aliphatic carbocycles. The van der Waals surface area contributed by atoms with E-state index in [0.29, 0.717) is 11.3 Å². The van der Waals surface area contributed by atoms with E-state index in [-0.39, 0.29) is 12.1 Å². The molecular formula is C13H18N2O3.